The van der Waals surface area contributed by atoms with Gasteiger partial charge in [0.05, 0.1) is 22.4 Å². The van der Waals surface area contributed by atoms with Gasteiger partial charge in [-0.25, -0.2) is 9.67 Å². The molecule has 0 spiro atoms. The zero-order valence-electron chi connectivity index (χ0n) is 12.1. The van der Waals surface area contributed by atoms with Crippen molar-refractivity contribution in [3.63, 3.8) is 0 Å². The molecule has 3 rings (SSSR count). The summed E-state index contributed by atoms with van der Waals surface area (Å²) in [6.07, 6.45) is 4.90. The normalized spacial score (nSPS) is 10.4. The van der Waals surface area contributed by atoms with E-state index in [4.69, 9.17) is 0 Å². The summed E-state index contributed by atoms with van der Waals surface area (Å²) in [6.45, 7) is 0. The van der Waals surface area contributed by atoms with E-state index in [0.717, 1.165) is 0 Å². The van der Waals surface area contributed by atoms with Gasteiger partial charge in [-0.05, 0) is 46.9 Å². The molecule has 0 radical (unpaired) electrons. The molecule has 0 bridgehead atoms. The largest absolute Gasteiger partial charge is 0.321 e. The molecule has 0 aliphatic rings. The summed E-state index contributed by atoms with van der Waals surface area (Å²) in [6, 6.07) is 9.32. The number of halogens is 1. The fourth-order valence-electron chi connectivity index (χ4n) is 2.00. The van der Waals surface area contributed by atoms with Crippen LogP contribution < -0.4 is 5.32 Å². The summed E-state index contributed by atoms with van der Waals surface area (Å²) in [5.74, 6) is 0.180. The molecule has 0 saturated carbocycles. The number of nitrogens with zero attached hydrogens (tertiary/aromatic N) is 4. The van der Waals surface area contributed by atoms with Gasteiger partial charge in [-0.2, -0.15) is 5.10 Å². The summed E-state index contributed by atoms with van der Waals surface area (Å²) in [5.41, 5.74) is 0.590. The predicted molar refractivity (Wildman–Crippen MR) is 95.1 cm³/mol. The van der Waals surface area contributed by atoms with Crippen LogP contribution in [0.5, 0.6) is 0 Å². The molecule has 0 aliphatic carbocycles. The van der Waals surface area contributed by atoms with Crippen molar-refractivity contribution in [3.8, 4) is 5.82 Å². The molecule has 1 aromatic carbocycles. The van der Waals surface area contributed by atoms with Crippen LogP contribution in [-0.2, 0) is 0 Å². The van der Waals surface area contributed by atoms with Crippen LogP contribution in [0.25, 0.3) is 5.82 Å². The average Bonchev–Trinajstić information content (AvgIpc) is 3.10. The Hall–Kier alpha value is -2.82. The molecule has 2 aromatic heterocycles. The number of nitro groups is 1. The molecule has 3 aromatic rings. The number of hydrogen-bond donors (Lipinski definition) is 1. The number of nitro benzene ring substituents is 1. The van der Waals surface area contributed by atoms with E-state index in [1.807, 2.05) is 22.6 Å². The van der Waals surface area contributed by atoms with Gasteiger partial charge in [0.2, 0.25) is 0 Å². The number of anilines is 1. The van der Waals surface area contributed by atoms with Crippen LogP contribution in [-0.4, -0.2) is 25.6 Å². The van der Waals surface area contributed by atoms with E-state index >= 15 is 0 Å². The number of carbonyl (C=O) groups excluding carboxylic acids is 1. The van der Waals surface area contributed by atoms with E-state index in [-0.39, 0.29) is 11.3 Å². The third kappa shape index (κ3) is 3.40. The second-order valence-corrected chi connectivity index (χ2v) is 5.89. The molecular formula is C15H10IN5O3. The Morgan fingerprint density at radius 1 is 1.29 bits per heavy atom. The van der Waals surface area contributed by atoms with Crippen molar-refractivity contribution >= 4 is 39.9 Å². The first kappa shape index (κ1) is 16.1. The molecule has 2 heterocycles. The lowest BCUT2D eigenvalue weighted by molar-refractivity contribution is -0.384. The Morgan fingerprint density at radius 3 is 2.75 bits per heavy atom. The number of nitrogens with one attached hydrogen (secondary N) is 1. The number of amides is 1. The third-order valence-corrected chi connectivity index (χ3v) is 4.09. The standard InChI is InChI=1S/C15H10IN5O3/c16-13-4-3-11(21(23)24)8-12(13)15(22)19-10-2-5-14(17-9-10)20-7-1-6-18-20/h1-9H,(H,19,22). The van der Waals surface area contributed by atoms with Gasteiger partial charge in [-0.15, -0.1) is 0 Å². The highest BCUT2D eigenvalue weighted by Gasteiger charge is 2.15. The van der Waals surface area contributed by atoms with Gasteiger partial charge < -0.3 is 5.32 Å². The van der Waals surface area contributed by atoms with Crippen LogP contribution in [0.3, 0.4) is 0 Å². The lowest BCUT2D eigenvalue weighted by atomic mass is 10.2. The highest BCUT2D eigenvalue weighted by Crippen LogP contribution is 2.21. The molecule has 9 heteroatoms. The van der Waals surface area contributed by atoms with Crippen LogP contribution in [0, 0.1) is 13.7 Å². The van der Waals surface area contributed by atoms with Crippen molar-refractivity contribution in [2.45, 2.75) is 0 Å². The van der Waals surface area contributed by atoms with Crippen molar-refractivity contribution in [2.24, 2.45) is 0 Å². The van der Waals surface area contributed by atoms with Crippen molar-refractivity contribution in [1.82, 2.24) is 14.8 Å². The predicted octanol–water partition coefficient (Wildman–Crippen LogP) is 3.03. The Kier molecular flexibility index (Phi) is 4.51. The summed E-state index contributed by atoms with van der Waals surface area (Å²) in [4.78, 5) is 26.9. The maximum Gasteiger partial charge on any atom is 0.270 e. The van der Waals surface area contributed by atoms with Gasteiger partial charge in [0.15, 0.2) is 5.82 Å². The first-order valence-electron chi connectivity index (χ1n) is 6.76. The number of aromatic nitrogens is 3. The zero-order chi connectivity index (χ0) is 17.1. The third-order valence-electron chi connectivity index (χ3n) is 3.15. The summed E-state index contributed by atoms with van der Waals surface area (Å²) in [5, 5.41) is 17.6. The smallest absolute Gasteiger partial charge is 0.270 e. The Labute approximate surface area is 149 Å². The summed E-state index contributed by atoms with van der Waals surface area (Å²) >= 11 is 1.96. The Balaban J connectivity index is 1.80. The number of hydrogen-bond acceptors (Lipinski definition) is 5. The number of rotatable bonds is 4. The van der Waals surface area contributed by atoms with Gasteiger partial charge in [-0.3, -0.25) is 14.9 Å². The zero-order valence-corrected chi connectivity index (χ0v) is 14.2. The summed E-state index contributed by atoms with van der Waals surface area (Å²) < 4.78 is 2.21. The molecule has 120 valence electrons. The maximum atomic E-state index is 12.3. The lowest BCUT2D eigenvalue weighted by Gasteiger charge is -2.07. The van der Waals surface area contributed by atoms with Crippen molar-refractivity contribution in [2.75, 3.05) is 5.32 Å². The Bertz CT molecular complexity index is 894. The van der Waals surface area contributed by atoms with Crippen LogP contribution >= 0.6 is 22.6 Å². The second-order valence-electron chi connectivity index (χ2n) is 4.73. The van der Waals surface area contributed by atoms with Crippen molar-refractivity contribution in [3.05, 3.63) is 74.2 Å². The molecule has 1 N–H and O–H groups in total. The van der Waals surface area contributed by atoms with Crippen molar-refractivity contribution in [1.29, 1.82) is 0 Å². The van der Waals surface area contributed by atoms with Gasteiger partial charge in [-0.1, -0.05) is 0 Å². The lowest BCUT2D eigenvalue weighted by Crippen LogP contribution is -2.14. The first-order valence-corrected chi connectivity index (χ1v) is 7.84. The number of non-ortho nitro benzene ring substituents is 1. The van der Waals surface area contributed by atoms with E-state index in [1.54, 1.807) is 35.3 Å². The van der Waals surface area contributed by atoms with Gasteiger partial charge >= 0.3 is 0 Å². The molecular weight excluding hydrogens is 425 g/mol. The van der Waals surface area contributed by atoms with Gasteiger partial charge in [0.1, 0.15) is 0 Å². The fraction of sp³-hybridized carbons (Fsp3) is 0. The topological polar surface area (TPSA) is 103 Å². The van der Waals surface area contributed by atoms with Crippen LogP contribution in [0.1, 0.15) is 10.4 Å². The molecule has 0 unspecified atom stereocenters. The minimum absolute atomic E-state index is 0.132. The monoisotopic (exact) mass is 435 g/mol. The van der Waals surface area contributed by atoms with Gasteiger partial charge in [0.25, 0.3) is 11.6 Å². The molecule has 0 aliphatic heterocycles. The van der Waals surface area contributed by atoms with Crippen LogP contribution in [0.2, 0.25) is 0 Å². The van der Waals surface area contributed by atoms with E-state index in [9.17, 15) is 14.9 Å². The van der Waals surface area contributed by atoms with Crippen LogP contribution in [0.15, 0.2) is 55.0 Å². The van der Waals surface area contributed by atoms with Crippen LogP contribution in [0.4, 0.5) is 11.4 Å². The molecule has 0 atom stereocenters. The Morgan fingerprint density at radius 2 is 2.12 bits per heavy atom. The first-order chi connectivity index (χ1) is 11.5. The van der Waals surface area contributed by atoms with E-state index < -0.39 is 10.8 Å². The van der Waals surface area contributed by atoms with E-state index in [0.29, 0.717) is 15.1 Å². The maximum absolute atomic E-state index is 12.3. The molecule has 8 nitrogen and oxygen atoms in total. The van der Waals surface area contributed by atoms with Gasteiger partial charge in [0, 0.05) is 28.1 Å². The number of benzene rings is 1. The average molecular weight is 435 g/mol. The fourth-order valence-corrected chi connectivity index (χ4v) is 2.58. The quantitative estimate of drug-likeness (QED) is 0.386. The highest BCUT2D eigenvalue weighted by atomic mass is 127. The molecule has 0 saturated heterocycles. The molecule has 0 fully saturated rings. The minimum Gasteiger partial charge on any atom is -0.321 e. The summed E-state index contributed by atoms with van der Waals surface area (Å²) in [7, 11) is 0. The highest BCUT2D eigenvalue weighted by molar-refractivity contribution is 14.1. The SMILES string of the molecule is O=C(Nc1ccc(-n2cccn2)nc1)c1cc([N+](=O)[O-])ccc1I. The van der Waals surface area contributed by atoms with E-state index in [1.165, 1.54) is 24.4 Å². The minimum atomic E-state index is -0.534. The molecule has 1 amide bonds. The number of pyridine rings is 1. The number of carbonyl (C=O) groups is 1. The van der Waals surface area contributed by atoms with Crippen molar-refractivity contribution < 1.29 is 9.72 Å². The van der Waals surface area contributed by atoms with E-state index in [2.05, 4.69) is 15.4 Å². The second kappa shape index (κ2) is 6.74. The molecule has 24 heavy (non-hydrogen) atoms.